The summed E-state index contributed by atoms with van der Waals surface area (Å²) in [6, 6.07) is 8.89. The average Bonchev–Trinajstić information content (AvgIpc) is 2.83. The molecule has 96 valence electrons. The Morgan fingerprint density at radius 1 is 1.44 bits per heavy atom. The predicted molar refractivity (Wildman–Crippen MR) is 83.0 cm³/mol. The number of nitrogens with one attached hydrogen (secondary N) is 1. The van der Waals surface area contributed by atoms with Crippen molar-refractivity contribution in [3.05, 3.63) is 45.8 Å². The molecule has 1 aromatic heterocycles. The van der Waals surface area contributed by atoms with Gasteiger partial charge >= 0.3 is 0 Å². The fourth-order valence-corrected chi connectivity index (χ4v) is 2.25. The van der Waals surface area contributed by atoms with Crippen LogP contribution in [-0.4, -0.2) is 16.3 Å². The van der Waals surface area contributed by atoms with E-state index in [0.717, 1.165) is 22.2 Å². The molecule has 0 aliphatic carbocycles. The summed E-state index contributed by atoms with van der Waals surface area (Å²) in [5.41, 5.74) is 2.41. The highest BCUT2D eigenvalue weighted by atomic mass is 127. The number of benzene rings is 1. The maximum absolute atomic E-state index is 4.34. The summed E-state index contributed by atoms with van der Waals surface area (Å²) in [6.07, 6.45) is 5.05. The van der Waals surface area contributed by atoms with E-state index in [0.29, 0.717) is 6.04 Å². The summed E-state index contributed by atoms with van der Waals surface area (Å²) < 4.78 is 3.06. The zero-order valence-corrected chi connectivity index (χ0v) is 12.9. The first-order valence-corrected chi connectivity index (χ1v) is 7.32. The van der Waals surface area contributed by atoms with Crippen LogP contribution in [0.1, 0.15) is 31.9 Å². The summed E-state index contributed by atoms with van der Waals surface area (Å²) in [6.45, 7) is 5.43. The van der Waals surface area contributed by atoms with Crippen LogP contribution in [0.5, 0.6) is 0 Å². The van der Waals surface area contributed by atoms with Gasteiger partial charge in [-0.3, -0.25) is 0 Å². The van der Waals surface area contributed by atoms with Gasteiger partial charge in [0.1, 0.15) is 0 Å². The Bertz CT molecular complexity index is 507. The fraction of sp³-hybridized carbons (Fsp3) is 0.357. The molecule has 2 rings (SSSR count). The van der Waals surface area contributed by atoms with E-state index >= 15 is 0 Å². The van der Waals surface area contributed by atoms with E-state index in [-0.39, 0.29) is 0 Å². The molecule has 0 aliphatic rings. The van der Waals surface area contributed by atoms with E-state index in [9.17, 15) is 0 Å². The van der Waals surface area contributed by atoms with Gasteiger partial charge in [0.05, 0.1) is 15.5 Å². The third-order valence-electron chi connectivity index (χ3n) is 2.89. The molecule has 0 aliphatic heterocycles. The number of aromatic nitrogens is 2. The first-order valence-electron chi connectivity index (χ1n) is 6.24. The minimum atomic E-state index is 0.375. The van der Waals surface area contributed by atoms with Crippen LogP contribution in [0.2, 0.25) is 0 Å². The van der Waals surface area contributed by atoms with Crippen LogP contribution < -0.4 is 5.32 Å². The zero-order chi connectivity index (χ0) is 13.0. The number of hydrogen-bond donors (Lipinski definition) is 1. The van der Waals surface area contributed by atoms with Crippen molar-refractivity contribution in [3.8, 4) is 5.69 Å². The van der Waals surface area contributed by atoms with Gasteiger partial charge in [0.15, 0.2) is 0 Å². The summed E-state index contributed by atoms with van der Waals surface area (Å²) in [7, 11) is 0. The van der Waals surface area contributed by atoms with E-state index in [2.05, 4.69) is 71.1 Å². The lowest BCUT2D eigenvalue weighted by Gasteiger charge is -2.14. The minimum Gasteiger partial charge on any atom is -0.310 e. The molecule has 1 unspecified atom stereocenters. The van der Waals surface area contributed by atoms with Crippen LogP contribution in [-0.2, 0) is 0 Å². The van der Waals surface area contributed by atoms with Crippen molar-refractivity contribution in [2.45, 2.75) is 26.3 Å². The molecule has 0 fully saturated rings. The van der Waals surface area contributed by atoms with Gasteiger partial charge < -0.3 is 5.32 Å². The minimum absolute atomic E-state index is 0.375. The van der Waals surface area contributed by atoms with Gasteiger partial charge in [-0.05, 0) is 60.2 Å². The third kappa shape index (κ3) is 3.32. The monoisotopic (exact) mass is 355 g/mol. The molecule has 2 aromatic rings. The summed E-state index contributed by atoms with van der Waals surface area (Å²) >= 11 is 2.27. The Kier molecular flexibility index (Phi) is 4.77. The number of nitrogens with zero attached hydrogens (tertiary/aromatic N) is 2. The van der Waals surface area contributed by atoms with Gasteiger partial charge in [-0.15, -0.1) is 0 Å². The molecule has 0 saturated carbocycles. The average molecular weight is 355 g/mol. The standard InChI is InChI=1S/C14H18IN3/c1-3-7-16-11(2)12-5-4-6-14(8-12)18-10-13(15)9-17-18/h4-6,8-11,16H,3,7H2,1-2H3. The van der Waals surface area contributed by atoms with Gasteiger partial charge in [0, 0.05) is 12.2 Å². The summed E-state index contributed by atoms with van der Waals surface area (Å²) in [4.78, 5) is 0. The van der Waals surface area contributed by atoms with Gasteiger partial charge in [0.25, 0.3) is 0 Å². The van der Waals surface area contributed by atoms with Gasteiger partial charge in [-0.1, -0.05) is 19.1 Å². The topological polar surface area (TPSA) is 29.9 Å². The second kappa shape index (κ2) is 6.33. The van der Waals surface area contributed by atoms with Gasteiger partial charge in [-0.2, -0.15) is 5.10 Å². The molecule has 18 heavy (non-hydrogen) atoms. The van der Waals surface area contributed by atoms with Gasteiger partial charge in [0.2, 0.25) is 0 Å². The maximum atomic E-state index is 4.34. The van der Waals surface area contributed by atoms with Crippen LogP contribution in [0.15, 0.2) is 36.7 Å². The highest BCUT2D eigenvalue weighted by Gasteiger charge is 2.06. The summed E-state index contributed by atoms with van der Waals surface area (Å²) in [5, 5.41) is 7.84. The van der Waals surface area contributed by atoms with E-state index < -0.39 is 0 Å². The number of halogens is 1. The van der Waals surface area contributed by atoms with Crippen LogP contribution >= 0.6 is 22.6 Å². The predicted octanol–water partition coefficient (Wildman–Crippen LogP) is 3.54. The lowest BCUT2D eigenvalue weighted by Crippen LogP contribution is -2.19. The molecule has 0 bridgehead atoms. The Balaban J connectivity index is 2.19. The molecular weight excluding hydrogens is 337 g/mol. The Morgan fingerprint density at radius 2 is 2.28 bits per heavy atom. The van der Waals surface area contributed by atoms with Crippen molar-refractivity contribution in [1.29, 1.82) is 0 Å². The summed E-state index contributed by atoms with van der Waals surface area (Å²) in [5.74, 6) is 0. The molecular formula is C14H18IN3. The van der Waals surface area contributed by atoms with Gasteiger partial charge in [-0.25, -0.2) is 4.68 Å². The molecule has 3 nitrogen and oxygen atoms in total. The van der Waals surface area contributed by atoms with Crippen molar-refractivity contribution in [3.63, 3.8) is 0 Å². The van der Waals surface area contributed by atoms with Crippen molar-refractivity contribution in [2.75, 3.05) is 6.54 Å². The van der Waals surface area contributed by atoms with E-state index in [1.165, 1.54) is 5.56 Å². The first-order chi connectivity index (χ1) is 8.70. The Hall–Kier alpha value is -0.880. The van der Waals surface area contributed by atoms with E-state index in [1.54, 1.807) is 0 Å². The smallest absolute Gasteiger partial charge is 0.0649 e. The maximum Gasteiger partial charge on any atom is 0.0649 e. The van der Waals surface area contributed by atoms with Crippen LogP contribution in [0.4, 0.5) is 0 Å². The zero-order valence-electron chi connectivity index (χ0n) is 10.7. The second-order valence-corrected chi connectivity index (χ2v) is 5.62. The first kappa shape index (κ1) is 13.5. The Labute approximate surface area is 122 Å². The number of rotatable bonds is 5. The second-order valence-electron chi connectivity index (χ2n) is 4.37. The molecule has 1 atom stereocenters. The van der Waals surface area contributed by atoms with Crippen molar-refractivity contribution < 1.29 is 0 Å². The third-order valence-corrected chi connectivity index (χ3v) is 3.44. The van der Waals surface area contributed by atoms with E-state index in [4.69, 9.17) is 0 Å². The van der Waals surface area contributed by atoms with Crippen molar-refractivity contribution >= 4 is 22.6 Å². The largest absolute Gasteiger partial charge is 0.310 e. The number of hydrogen-bond acceptors (Lipinski definition) is 2. The highest BCUT2D eigenvalue weighted by Crippen LogP contribution is 2.17. The molecule has 4 heteroatoms. The molecule has 1 heterocycles. The Morgan fingerprint density at radius 3 is 2.94 bits per heavy atom. The lowest BCUT2D eigenvalue weighted by molar-refractivity contribution is 0.570. The molecule has 0 spiro atoms. The van der Waals surface area contributed by atoms with Crippen LogP contribution in [0, 0.1) is 3.57 Å². The van der Waals surface area contributed by atoms with Crippen molar-refractivity contribution in [2.24, 2.45) is 0 Å². The lowest BCUT2D eigenvalue weighted by atomic mass is 10.1. The quantitative estimate of drug-likeness (QED) is 0.832. The highest BCUT2D eigenvalue weighted by molar-refractivity contribution is 14.1. The SMILES string of the molecule is CCCNC(C)c1cccc(-n2cc(I)cn2)c1. The normalized spacial score (nSPS) is 12.6. The van der Waals surface area contributed by atoms with Crippen molar-refractivity contribution in [1.82, 2.24) is 15.1 Å². The molecule has 0 radical (unpaired) electrons. The van der Waals surface area contributed by atoms with Crippen LogP contribution in [0.25, 0.3) is 5.69 Å². The molecule has 1 N–H and O–H groups in total. The van der Waals surface area contributed by atoms with Crippen LogP contribution in [0.3, 0.4) is 0 Å². The molecule has 0 amide bonds. The molecule has 1 aromatic carbocycles. The molecule has 0 saturated heterocycles. The van der Waals surface area contributed by atoms with E-state index in [1.807, 2.05) is 17.1 Å². The fourth-order valence-electron chi connectivity index (χ4n) is 1.86.